The average Bonchev–Trinajstić information content (AvgIpc) is 2.55. The van der Waals surface area contributed by atoms with E-state index in [9.17, 15) is 5.11 Å². The van der Waals surface area contributed by atoms with Crippen LogP contribution in [0.3, 0.4) is 0 Å². The van der Waals surface area contributed by atoms with Crippen LogP contribution in [0.25, 0.3) is 0 Å². The van der Waals surface area contributed by atoms with Crippen molar-refractivity contribution in [3.63, 3.8) is 0 Å². The molecular formula is C8H14N2OS. The van der Waals surface area contributed by atoms with Gasteiger partial charge < -0.3 is 10.4 Å². The Morgan fingerprint density at radius 3 is 3.00 bits per heavy atom. The predicted octanol–water partition coefficient (Wildman–Crippen LogP) is 1.17. The maximum Gasteiger partial charge on any atom is 0.112 e. The zero-order valence-corrected chi connectivity index (χ0v) is 8.14. The lowest BCUT2D eigenvalue weighted by atomic mass is 10.1. The van der Waals surface area contributed by atoms with Crippen molar-refractivity contribution in [3.8, 4) is 0 Å². The number of rotatable bonds is 4. The molecule has 0 aliphatic carbocycles. The molecule has 2 N–H and O–H groups in total. The minimum absolute atomic E-state index is 0.0668. The van der Waals surface area contributed by atoms with Crippen molar-refractivity contribution in [2.45, 2.75) is 26.0 Å². The Bertz CT molecular complexity index is 213. The minimum Gasteiger partial charge on any atom is -0.385 e. The summed E-state index contributed by atoms with van der Waals surface area (Å²) < 4.78 is 0. The Balaban J connectivity index is 2.53. The van der Waals surface area contributed by atoms with E-state index in [4.69, 9.17) is 0 Å². The van der Waals surface area contributed by atoms with Crippen LogP contribution >= 0.6 is 11.3 Å². The molecule has 68 valence electrons. The molecule has 1 aromatic rings. The molecule has 0 radical (unpaired) electrons. The SMILES string of the molecule is CCNC(C)C(O)c1cscn1. The molecule has 3 nitrogen and oxygen atoms in total. The fraction of sp³-hybridized carbons (Fsp3) is 0.625. The molecule has 0 amide bonds. The maximum atomic E-state index is 9.69. The van der Waals surface area contributed by atoms with E-state index < -0.39 is 6.10 Å². The number of nitrogens with zero attached hydrogens (tertiary/aromatic N) is 1. The topological polar surface area (TPSA) is 45.1 Å². The number of nitrogens with one attached hydrogen (secondary N) is 1. The lowest BCUT2D eigenvalue weighted by molar-refractivity contribution is 0.133. The van der Waals surface area contributed by atoms with Gasteiger partial charge in [0.05, 0.1) is 11.2 Å². The standard InChI is InChI=1S/C8H14N2OS/c1-3-9-6(2)8(11)7-4-12-5-10-7/h4-6,8-9,11H,3H2,1-2H3. The van der Waals surface area contributed by atoms with Crippen LogP contribution in [0, 0.1) is 0 Å². The first-order valence-corrected chi connectivity index (χ1v) is 4.99. The summed E-state index contributed by atoms with van der Waals surface area (Å²) >= 11 is 1.50. The number of thiazole rings is 1. The molecule has 0 aliphatic rings. The summed E-state index contributed by atoms with van der Waals surface area (Å²) in [6.45, 7) is 4.83. The monoisotopic (exact) mass is 186 g/mol. The Labute approximate surface area is 76.5 Å². The second kappa shape index (κ2) is 4.54. The van der Waals surface area contributed by atoms with Gasteiger partial charge in [0.15, 0.2) is 0 Å². The third-order valence-corrected chi connectivity index (χ3v) is 2.36. The normalized spacial score (nSPS) is 15.9. The van der Waals surface area contributed by atoms with E-state index in [1.54, 1.807) is 5.51 Å². The highest BCUT2D eigenvalue weighted by Crippen LogP contribution is 2.15. The van der Waals surface area contributed by atoms with Gasteiger partial charge >= 0.3 is 0 Å². The van der Waals surface area contributed by atoms with Gasteiger partial charge in [-0.3, -0.25) is 0 Å². The van der Waals surface area contributed by atoms with E-state index in [2.05, 4.69) is 10.3 Å². The molecule has 12 heavy (non-hydrogen) atoms. The second-order valence-electron chi connectivity index (χ2n) is 2.70. The van der Waals surface area contributed by atoms with Gasteiger partial charge in [-0.05, 0) is 13.5 Å². The van der Waals surface area contributed by atoms with E-state index in [-0.39, 0.29) is 6.04 Å². The van der Waals surface area contributed by atoms with E-state index in [0.29, 0.717) is 0 Å². The molecule has 0 aromatic carbocycles. The molecule has 0 fully saturated rings. The number of aromatic nitrogens is 1. The summed E-state index contributed by atoms with van der Waals surface area (Å²) in [5, 5.41) is 14.7. The van der Waals surface area contributed by atoms with Crippen LogP contribution in [-0.4, -0.2) is 22.7 Å². The van der Waals surface area contributed by atoms with Crippen LogP contribution in [0.5, 0.6) is 0 Å². The third kappa shape index (κ3) is 2.27. The summed E-state index contributed by atoms with van der Waals surface area (Å²) in [6.07, 6.45) is -0.490. The van der Waals surface area contributed by atoms with Crippen LogP contribution in [0.15, 0.2) is 10.9 Å². The third-order valence-electron chi connectivity index (χ3n) is 1.75. The van der Waals surface area contributed by atoms with Gasteiger partial charge in [0, 0.05) is 11.4 Å². The molecule has 2 atom stereocenters. The van der Waals surface area contributed by atoms with Crippen molar-refractivity contribution in [3.05, 3.63) is 16.6 Å². The number of aliphatic hydroxyl groups excluding tert-OH is 1. The summed E-state index contributed by atoms with van der Waals surface area (Å²) in [5.41, 5.74) is 2.49. The number of hydrogen-bond donors (Lipinski definition) is 2. The van der Waals surface area contributed by atoms with Gasteiger partial charge in [-0.2, -0.15) is 0 Å². The van der Waals surface area contributed by atoms with Crippen LogP contribution in [0.2, 0.25) is 0 Å². The summed E-state index contributed by atoms with van der Waals surface area (Å²) in [4.78, 5) is 4.05. The lowest BCUT2D eigenvalue weighted by Gasteiger charge is -2.17. The molecular weight excluding hydrogens is 172 g/mol. The summed E-state index contributed by atoms with van der Waals surface area (Å²) in [5.74, 6) is 0. The zero-order chi connectivity index (χ0) is 8.97. The largest absolute Gasteiger partial charge is 0.385 e. The lowest BCUT2D eigenvalue weighted by Crippen LogP contribution is -2.31. The van der Waals surface area contributed by atoms with E-state index >= 15 is 0 Å². The first-order chi connectivity index (χ1) is 5.75. The van der Waals surface area contributed by atoms with Gasteiger partial charge in [0.25, 0.3) is 0 Å². The van der Waals surface area contributed by atoms with Gasteiger partial charge in [0.1, 0.15) is 6.10 Å². The number of aliphatic hydroxyl groups is 1. The molecule has 0 bridgehead atoms. The maximum absolute atomic E-state index is 9.69. The Kier molecular flexibility index (Phi) is 3.65. The van der Waals surface area contributed by atoms with Gasteiger partial charge in [0.2, 0.25) is 0 Å². The zero-order valence-electron chi connectivity index (χ0n) is 7.32. The Morgan fingerprint density at radius 1 is 1.75 bits per heavy atom. The molecule has 0 saturated carbocycles. The van der Waals surface area contributed by atoms with Crippen LogP contribution in [-0.2, 0) is 0 Å². The van der Waals surface area contributed by atoms with E-state index in [0.717, 1.165) is 12.2 Å². The Morgan fingerprint density at radius 2 is 2.50 bits per heavy atom. The second-order valence-corrected chi connectivity index (χ2v) is 3.42. The molecule has 0 aliphatic heterocycles. The first-order valence-electron chi connectivity index (χ1n) is 4.05. The fourth-order valence-electron chi connectivity index (χ4n) is 1.06. The van der Waals surface area contributed by atoms with Crippen molar-refractivity contribution >= 4 is 11.3 Å². The average molecular weight is 186 g/mol. The molecule has 0 spiro atoms. The molecule has 1 heterocycles. The highest BCUT2D eigenvalue weighted by atomic mass is 32.1. The number of likely N-dealkylation sites (N-methyl/N-ethyl adjacent to an activating group) is 1. The van der Waals surface area contributed by atoms with Crippen molar-refractivity contribution < 1.29 is 5.11 Å². The van der Waals surface area contributed by atoms with Crippen molar-refractivity contribution in [2.75, 3.05) is 6.54 Å². The van der Waals surface area contributed by atoms with Crippen molar-refractivity contribution in [1.29, 1.82) is 0 Å². The van der Waals surface area contributed by atoms with Crippen molar-refractivity contribution in [1.82, 2.24) is 10.3 Å². The highest BCUT2D eigenvalue weighted by molar-refractivity contribution is 7.07. The first kappa shape index (κ1) is 9.64. The fourth-order valence-corrected chi connectivity index (χ4v) is 1.64. The molecule has 2 unspecified atom stereocenters. The van der Waals surface area contributed by atoms with E-state index in [1.165, 1.54) is 11.3 Å². The van der Waals surface area contributed by atoms with Crippen LogP contribution < -0.4 is 5.32 Å². The van der Waals surface area contributed by atoms with Gasteiger partial charge in [-0.15, -0.1) is 11.3 Å². The summed E-state index contributed by atoms with van der Waals surface area (Å²) in [7, 11) is 0. The van der Waals surface area contributed by atoms with Crippen LogP contribution in [0.1, 0.15) is 25.6 Å². The van der Waals surface area contributed by atoms with Gasteiger partial charge in [-0.25, -0.2) is 4.98 Å². The highest BCUT2D eigenvalue weighted by Gasteiger charge is 2.16. The molecule has 4 heteroatoms. The smallest absolute Gasteiger partial charge is 0.112 e. The molecule has 1 aromatic heterocycles. The molecule has 1 rings (SSSR count). The predicted molar refractivity (Wildman–Crippen MR) is 50.2 cm³/mol. The van der Waals surface area contributed by atoms with Crippen LogP contribution in [0.4, 0.5) is 0 Å². The summed E-state index contributed by atoms with van der Waals surface area (Å²) in [6, 6.07) is 0.0668. The van der Waals surface area contributed by atoms with Gasteiger partial charge in [-0.1, -0.05) is 6.92 Å². The Hall–Kier alpha value is -0.450. The van der Waals surface area contributed by atoms with Crippen molar-refractivity contribution in [2.24, 2.45) is 0 Å². The quantitative estimate of drug-likeness (QED) is 0.742. The minimum atomic E-state index is -0.490. The van der Waals surface area contributed by atoms with E-state index in [1.807, 2.05) is 19.2 Å². The number of hydrogen-bond acceptors (Lipinski definition) is 4. The molecule has 0 saturated heterocycles.